The molecule has 3 atom stereocenters. The number of hydrogen-bond acceptors (Lipinski definition) is 5. The third-order valence-electron chi connectivity index (χ3n) is 3.75. The summed E-state index contributed by atoms with van der Waals surface area (Å²) in [5, 5.41) is 15.6. The summed E-state index contributed by atoms with van der Waals surface area (Å²) in [4.78, 5) is 16.5. The maximum atomic E-state index is 11.9. The van der Waals surface area contributed by atoms with Gasteiger partial charge in [0.2, 0.25) is 5.91 Å². The Morgan fingerprint density at radius 1 is 1.57 bits per heavy atom. The first-order valence-corrected chi connectivity index (χ1v) is 8.01. The first-order chi connectivity index (χ1) is 9.47. The molecule has 5 nitrogen and oxygen atoms in total. The molecule has 1 aliphatic rings. The van der Waals surface area contributed by atoms with Gasteiger partial charge in [-0.15, -0.1) is 23.7 Å². The Balaban J connectivity index is 0.00000220. The lowest BCUT2D eigenvalue weighted by atomic mass is 10.1. The molecule has 0 saturated heterocycles. The molecule has 1 aliphatic carbocycles. The Hall–Kier alpha value is -0.690. The average molecular weight is 334 g/mol. The van der Waals surface area contributed by atoms with E-state index in [0.29, 0.717) is 25.3 Å². The number of rotatable bonds is 5. The van der Waals surface area contributed by atoms with Crippen LogP contribution in [0.1, 0.15) is 43.3 Å². The van der Waals surface area contributed by atoms with E-state index in [0.717, 1.165) is 17.1 Å². The molecule has 120 valence electrons. The molecule has 1 saturated carbocycles. The normalized spacial score (nSPS) is 24.9. The van der Waals surface area contributed by atoms with E-state index in [2.05, 4.69) is 29.5 Å². The average Bonchev–Trinajstić information content (AvgIpc) is 2.98. The van der Waals surface area contributed by atoms with E-state index in [9.17, 15) is 9.90 Å². The van der Waals surface area contributed by atoms with Gasteiger partial charge in [-0.05, 0) is 18.8 Å². The van der Waals surface area contributed by atoms with Gasteiger partial charge in [0, 0.05) is 30.3 Å². The Morgan fingerprint density at radius 3 is 2.81 bits per heavy atom. The van der Waals surface area contributed by atoms with Gasteiger partial charge in [-0.1, -0.05) is 13.8 Å². The largest absolute Gasteiger partial charge is 0.391 e. The van der Waals surface area contributed by atoms with E-state index in [1.54, 1.807) is 11.3 Å². The summed E-state index contributed by atoms with van der Waals surface area (Å²) in [6.45, 7) is 4.83. The molecule has 0 spiro atoms. The number of nitrogens with one attached hydrogen (secondary N) is 1. The Labute approximate surface area is 135 Å². The van der Waals surface area contributed by atoms with Crippen molar-refractivity contribution in [3.8, 4) is 0 Å². The minimum atomic E-state index is -0.543. The molecular weight excluding hydrogens is 310 g/mol. The van der Waals surface area contributed by atoms with E-state index in [1.807, 2.05) is 0 Å². The number of aliphatic hydroxyl groups is 1. The zero-order valence-electron chi connectivity index (χ0n) is 12.4. The molecule has 7 heteroatoms. The van der Waals surface area contributed by atoms with Gasteiger partial charge in [0.1, 0.15) is 0 Å². The van der Waals surface area contributed by atoms with Gasteiger partial charge in [0.05, 0.1) is 16.8 Å². The number of aromatic nitrogens is 1. The number of nitrogens with zero attached hydrogens (tertiary/aromatic N) is 1. The van der Waals surface area contributed by atoms with E-state index < -0.39 is 6.10 Å². The molecule has 2 rings (SSSR count). The molecular formula is C14H24ClN3O2S. The number of amides is 1. The number of aliphatic hydroxyl groups excluding tert-OH is 1. The van der Waals surface area contributed by atoms with Gasteiger partial charge in [0.15, 0.2) is 0 Å². The van der Waals surface area contributed by atoms with Crippen molar-refractivity contribution in [1.82, 2.24) is 10.3 Å². The molecule has 0 bridgehead atoms. The highest BCUT2D eigenvalue weighted by Crippen LogP contribution is 2.24. The molecule has 1 heterocycles. The van der Waals surface area contributed by atoms with Crippen LogP contribution in [0.4, 0.5) is 0 Å². The summed E-state index contributed by atoms with van der Waals surface area (Å²) in [6, 6.07) is -0.265. The summed E-state index contributed by atoms with van der Waals surface area (Å²) >= 11 is 1.64. The molecule has 0 aromatic carbocycles. The lowest BCUT2D eigenvalue weighted by Crippen LogP contribution is -2.32. The fourth-order valence-corrected chi connectivity index (χ4v) is 3.36. The number of nitrogens with two attached hydrogens (primary N) is 1. The highest BCUT2D eigenvalue weighted by atomic mass is 35.5. The van der Waals surface area contributed by atoms with Crippen LogP contribution in [0.25, 0.3) is 0 Å². The van der Waals surface area contributed by atoms with Crippen molar-refractivity contribution in [2.75, 3.05) is 6.54 Å². The van der Waals surface area contributed by atoms with Crippen LogP contribution in [0.2, 0.25) is 0 Å². The van der Waals surface area contributed by atoms with Gasteiger partial charge in [-0.3, -0.25) is 4.79 Å². The van der Waals surface area contributed by atoms with Crippen molar-refractivity contribution in [2.24, 2.45) is 11.7 Å². The van der Waals surface area contributed by atoms with E-state index in [-0.39, 0.29) is 30.3 Å². The zero-order chi connectivity index (χ0) is 14.7. The van der Waals surface area contributed by atoms with Crippen LogP contribution in [-0.4, -0.2) is 34.7 Å². The van der Waals surface area contributed by atoms with E-state index in [4.69, 9.17) is 5.73 Å². The molecule has 0 aliphatic heterocycles. The van der Waals surface area contributed by atoms with Crippen molar-refractivity contribution in [3.63, 3.8) is 0 Å². The van der Waals surface area contributed by atoms with Crippen LogP contribution < -0.4 is 11.1 Å². The highest BCUT2D eigenvalue weighted by molar-refractivity contribution is 7.09. The molecule has 0 unspecified atom stereocenters. The topological polar surface area (TPSA) is 88.2 Å². The standard InChI is InChI=1S/C14H23N3O2S.ClH/c1-8(2)11-7-20-13(17-11)3-4-16-14(19)9-5-10(15)12(18)6-9;/h7-10,12,18H,3-6,15H2,1-2H3,(H,16,19);1H/t9-,10-,12-;/m0./s1. The van der Waals surface area contributed by atoms with Crippen LogP contribution in [0.5, 0.6) is 0 Å². The number of carbonyl (C=O) groups excluding carboxylic acids is 1. The molecule has 1 aromatic rings. The third-order valence-corrected chi connectivity index (χ3v) is 4.67. The smallest absolute Gasteiger partial charge is 0.223 e. The SMILES string of the molecule is CC(C)c1csc(CCNC(=O)[C@H]2C[C@H](N)[C@@H](O)C2)n1.Cl. The summed E-state index contributed by atoms with van der Waals surface area (Å²) in [7, 11) is 0. The molecule has 21 heavy (non-hydrogen) atoms. The van der Waals surface area contributed by atoms with Crippen LogP contribution in [-0.2, 0) is 11.2 Å². The molecule has 1 fully saturated rings. The quantitative estimate of drug-likeness (QED) is 0.761. The van der Waals surface area contributed by atoms with E-state index in [1.165, 1.54) is 0 Å². The van der Waals surface area contributed by atoms with E-state index >= 15 is 0 Å². The summed E-state index contributed by atoms with van der Waals surface area (Å²) in [5.74, 6) is 0.288. The first-order valence-electron chi connectivity index (χ1n) is 7.13. The Kier molecular flexibility index (Phi) is 7.06. The second-order valence-electron chi connectivity index (χ2n) is 5.76. The van der Waals surface area contributed by atoms with Gasteiger partial charge < -0.3 is 16.2 Å². The van der Waals surface area contributed by atoms with Gasteiger partial charge >= 0.3 is 0 Å². The number of carbonyl (C=O) groups is 1. The first kappa shape index (κ1) is 18.4. The minimum absolute atomic E-state index is 0. The summed E-state index contributed by atoms with van der Waals surface area (Å²) in [5.41, 5.74) is 6.83. The number of hydrogen-bond donors (Lipinski definition) is 3. The number of halogens is 1. The molecule has 0 radical (unpaired) electrons. The highest BCUT2D eigenvalue weighted by Gasteiger charge is 2.34. The summed E-state index contributed by atoms with van der Waals surface area (Å²) in [6.07, 6.45) is 1.26. The van der Waals surface area contributed by atoms with Crippen LogP contribution >= 0.6 is 23.7 Å². The van der Waals surface area contributed by atoms with Gasteiger partial charge in [-0.2, -0.15) is 0 Å². The molecule has 1 aromatic heterocycles. The molecule has 1 amide bonds. The monoisotopic (exact) mass is 333 g/mol. The predicted molar refractivity (Wildman–Crippen MR) is 86.9 cm³/mol. The number of thiazole rings is 1. The van der Waals surface area contributed by atoms with Crippen LogP contribution in [0.15, 0.2) is 5.38 Å². The van der Waals surface area contributed by atoms with Crippen LogP contribution in [0, 0.1) is 5.92 Å². The maximum Gasteiger partial charge on any atom is 0.223 e. The fraction of sp³-hybridized carbons (Fsp3) is 0.714. The van der Waals surface area contributed by atoms with Gasteiger partial charge in [-0.25, -0.2) is 4.98 Å². The second kappa shape index (κ2) is 8.08. The van der Waals surface area contributed by atoms with Crippen LogP contribution in [0.3, 0.4) is 0 Å². The lowest BCUT2D eigenvalue weighted by Gasteiger charge is -2.09. The third kappa shape index (κ3) is 4.92. The zero-order valence-corrected chi connectivity index (χ0v) is 14.0. The fourth-order valence-electron chi connectivity index (χ4n) is 2.40. The van der Waals surface area contributed by atoms with Crippen molar-refractivity contribution in [2.45, 2.75) is 51.2 Å². The second-order valence-corrected chi connectivity index (χ2v) is 6.70. The van der Waals surface area contributed by atoms with Crippen molar-refractivity contribution in [3.05, 3.63) is 16.1 Å². The minimum Gasteiger partial charge on any atom is -0.391 e. The molecule has 4 N–H and O–H groups in total. The Bertz CT molecular complexity index is 457. The van der Waals surface area contributed by atoms with Crippen molar-refractivity contribution < 1.29 is 9.90 Å². The summed E-state index contributed by atoms with van der Waals surface area (Å²) < 4.78 is 0. The van der Waals surface area contributed by atoms with Crippen molar-refractivity contribution >= 4 is 29.7 Å². The Morgan fingerprint density at radius 2 is 2.29 bits per heavy atom. The lowest BCUT2D eigenvalue weighted by molar-refractivity contribution is -0.125. The predicted octanol–water partition coefficient (Wildman–Crippen LogP) is 1.45. The van der Waals surface area contributed by atoms with Crippen molar-refractivity contribution in [1.29, 1.82) is 0 Å². The maximum absolute atomic E-state index is 11.9. The van der Waals surface area contributed by atoms with Gasteiger partial charge in [0.25, 0.3) is 0 Å².